The van der Waals surface area contributed by atoms with Crippen LogP contribution >= 0.6 is 12.6 Å². The maximum Gasteiger partial charge on any atom is 0.159 e. The van der Waals surface area contributed by atoms with E-state index < -0.39 is 0 Å². The van der Waals surface area contributed by atoms with Crippen LogP contribution in [0.3, 0.4) is 0 Å². The van der Waals surface area contributed by atoms with E-state index in [0.717, 1.165) is 4.90 Å². The lowest BCUT2D eigenvalue weighted by molar-refractivity contribution is 0.101. The molecule has 64 valence electrons. The second-order valence-electron chi connectivity index (χ2n) is 2.48. The van der Waals surface area contributed by atoms with E-state index in [1.165, 1.54) is 6.92 Å². The van der Waals surface area contributed by atoms with E-state index in [-0.39, 0.29) is 5.78 Å². The van der Waals surface area contributed by atoms with E-state index in [9.17, 15) is 4.79 Å². The highest BCUT2D eigenvalue weighted by Crippen LogP contribution is 2.19. The predicted molar refractivity (Wildman–Crippen MR) is 50.3 cm³/mol. The summed E-state index contributed by atoms with van der Waals surface area (Å²) < 4.78 is 4.98. The topological polar surface area (TPSA) is 26.3 Å². The van der Waals surface area contributed by atoms with Gasteiger partial charge in [-0.15, -0.1) is 12.6 Å². The normalized spacial score (nSPS) is 9.58. The van der Waals surface area contributed by atoms with Crippen molar-refractivity contribution in [1.29, 1.82) is 0 Å². The van der Waals surface area contributed by atoms with Crippen molar-refractivity contribution in [3.8, 4) is 5.75 Å². The first-order chi connectivity index (χ1) is 5.63. The number of benzene rings is 1. The minimum absolute atomic E-state index is 0.0178. The number of methoxy groups -OCH3 is 1. The fraction of sp³-hybridized carbons (Fsp3) is 0.222. The molecule has 0 aliphatic rings. The molecule has 12 heavy (non-hydrogen) atoms. The van der Waals surface area contributed by atoms with Crippen molar-refractivity contribution in [2.75, 3.05) is 7.11 Å². The van der Waals surface area contributed by atoms with Gasteiger partial charge in [-0.3, -0.25) is 4.79 Å². The third-order valence-electron chi connectivity index (χ3n) is 1.53. The van der Waals surface area contributed by atoms with Gasteiger partial charge in [0, 0.05) is 10.5 Å². The molecular formula is C9H10O2S. The third kappa shape index (κ3) is 2.01. The minimum Gasteiger partial charge on any atom is -0.497 e. The monoisotopic (exact) mass is 182 g/mol. The second kappa shape index (κ2) is 3.63. The average molecular weight is 182 g/mol. The van der Waals surface area contributed by atoms with E-state index >= 15 is 0 Å². The van der Waals surface area contributed by atoms with Crippen molar-refractivity contribution in [2.45, 2.75) is 11.8 Å². The summed E-state index contributed by atoms with van der Waals surface area (Å²) in [6, 6.07) is 5.17. The first-order valence-electron chi connectivity index (χ1n) is 3.52. The fourth-order valence-electron chi connectivity index (χ4n) is 0.904. The van der Waals surface area contributed by atoms with Crippen molar-refractivity contribution in [1.82, 2.24) is 0 Å². The van der Waals surface area contributed by atoms with E-state index in [1.54, 1.807) is 25.3 Å². The number of ketones is 1. The molecule has 1 aromatic carbocycles. The molecule has 0 aliphatic carbocycles. The number of ether oxygens (including phenoxy) is 1. The van der Waals surface area contributed by atoms with Gasteiger partial charge in [-0.25, -0.2) is 0 Å². The Morgan fingerprint density at radius 1 is 1.42 bits per heavy atom. The van der Waals surface area contributed by atoms with Crippen molar-refractivity contribution in [2.24, 2.45) is 0 Å². The Labute approximate surface area is 77.0 Å². The number of rotatable bonds is 2. The van der Waals surface area contributed by atoms with Gasteiger partial charge in [0.05, 0.1) is 7.11 Å². The zero-order valence-electron chi connectivity index (χ0n) is 7.00. The first kappa shape index (κ1) is 9.13. The lowest BCUT2D eigenvalue weighted by Gasteiger charge is -2.02. The van der Waals surface area contributed by atoms with Gasteiger partial charge < -0.3 is 4.74 Å². The number of thiol groups is 1. The largest absolute Gasteiger partial charge is 0.497 e. The number of carbonyl (C=O) groups excluding carboxylic acids is 1. The zero-order chi connectivity index (χ0) is 9.14. The Morgan fingerprint density at radius 3 is 2.58 bits per heavy atom. The zero-order valence-corrected chi connectivity index (χ0v) is 7.89. The molecule has 0 fully saturated rings. The molecule has 2 nitrogen and oxygen atoms in total. The van der Waals surface area contributed by atoms with Crippen LogP contribution in [-0.4, -0.2) is 12.9 Å². The maximum atomic E-state index is 11.0. The van der Waals surface area contributed by atoms with Crippen LogP contribution in [-0.2, 0) is 0 Å². The van der Waals surface area contributed by atoms with Gasteiger partial charge >= 0.3 is 0 Å². The number of Topliss-reactive ketones (excluding diaryl/α,β-unsaturated/α-hetero) is 1. The van der Waals surface area contributed by atoms with Crippen molar-refractivity contribution < 1.29 is 9.53 Å². The Bertz CT molecular complexity index is 307. The van der Waals surface area contributed by atoms with Gasteiger partial charge in [-0.2, -0.15) is 0 Å². The van der Waals surface area contributed by atoms with Crippen LogP contribution in [0.5, 0.6) is 5.75 Å². The van der Waals surface area contributed by atoms with E-state index in [0.29, 0.717) is 11.3 Å². The van der Waals surface area contributed by atoms with Gasteiger partial charge in [0.25, 0.3) is 0 Å². The molecule has 1 aromatic rings. The highest BCUT2D eigenvalue weighted by Gasteiger charge is 2.02. The Kier molecular flexibility index (Phi) is 2.76. The van der Waals surface area contributed by atoms with Crippen LogP contribution in [0.1, 0.15) is 17.3 Å². The molecule has 0 N–H and O–H groups in total. The van der Waals surface area contributed by atoms with Crippen LogP contribution in [0, 0.1) is 0 Å². The molecule has 0 spiro atoms. The lowest BCUT2D eigenvalue weighted by Crippen LogP contribution is -1.93. The summed E-state index contributed by atoms with van der Waals surface area (Å²) in [6.45, 7) is 1.52. The molecular weight excluding hydrogens is 172 g/mol. The van der Waals surface area contributed by atoms with E-state index in [2.05, 4.69) is 12.6 Å². The van der Waals surface area contributed by atoms with Crippen LogP contribution in [0.4, 0.5) is 0 Å². The predicted octanol–water partition coefficient (Wildman–Crippen LogP) is 2.19. The second-order valence-corrected chi connectivity index (χ2v) is 2.99. The summed E-state index contributed by atoms with van der Waals surface area (Å²) >= 11 is 4.14. The highest BCUT2D eigenvalue weighted by molar-refractivity contribution is 7.80. The summed E-state index contributed by atoms with van der Waals surface area (Å²) in [6.07, 6.45) is 0. The van der Waals surface area contributed by atoms with Crippen LogP contribution in [0.2, 0.25) is 0 Å². The molecule has 0 aromatic heterocycles. The summed E-state index contributed by atoms with van der Waals surface area (Å²) in [4.78, 5) is 11.7. The summed E-state index contributed by atoms with van der Waals surface area (Å²) in [5, 5.41) is 0. The van der Waals surface area contributed by atoms with Crippen LogP contribution in [0.25, 0.3) is 0 Å². The highest BCUT2D eigenvalue weighted by atomic mass is 32.1. The summed E-state index contributed by atoms with van der Waals surface area (Å²) in [5.41, 5.74) is 0.624. The molecule has 0 atom stereocenters. The fourth-order valence-corrected chi connectivity index (χ4v) is 1.17. The van der Waals surface area contributed by atoms with Gasteiger partial charge in [-0.1, -0.05) is 0 Å². The van der Waals surface area contributed by atoms with Crippen molar-refractivity contribution in [3.63, 3.8) is 0 Å². The number of hydrogen-bond donors (Lipinski definition) is 1. The number of hydrogen-bond acceptors (Lipinski definition) is 3. The quantitative estimate of drug-likeness (QED) is 0.560. The molecule has 0 radical (unpaired) electrons. The molecule has 0 saturated carbocycles. The molecule has 1 rings (SSSR count). The molecule has 3 heteroatoms. The van der Waals surface area contributed by atoms with Gasteiger partial charge in [0.2, 0.25) is 0 Å². The minimum atomic E-state index is 0.0178. The molecule has 0 bridgehead atoms. The molecule has 0 saturated heterocycles. The number of carbonyl (C=O) groups is 1. The van der Waals surface area contributed by atoms with Crippen molar-refractivity contribution in [3.05, 3.63) is 23.8 Å². The Balaban J connectivity index is 3.15. The molecule has 0 aliphatic heterocycles. The van der Waals surface area contributed by atoms with Gasteiger partial charge in [0.15, 0.2) is 5.78 Å². The average Bonchev–Trinajstić information content (AvgIpc) is 2.03. The Morgan fingerprint density at radius 2 is 2.08 bits per heavy atom. The van der Waals surface area contributed by atoms with Crippen molar-refractivity contribution >= 4 is 18.4 Å². The standard InChI is InChI=1S/C9H10O2S/c1-6(10)7-3-8(11-2)5-9(12)4-7/h3-5,12H,1-2H3. The van der Waals surface area contributed by atoms with Crippen LogP contribution in [0.15, 0.2) is 23.1 Å². The van der Waals surface area contributed by atoms with E-state index in [4.69, 9.17) is 4.74 Å². The third-order valence-corrected chi connectivity index (χ3v) is 1.79. The van der Waals surface area contributed by atoms with Gasteiger partial charge in [-0.05, 0) is 25.1 Å². The molecule has 0 unspecified atom stereocenters. The lowest BCUT2D eigenvalue weighted by atomic mass is 10.1. The molecule has 0 heterocycles. The van der Waals surface area contributed by atoms with Crippen LogP contribution < -0.4 is 4.74 Å². The molecule has 0 amide bonds. The van der Waals surface area contributed by atoms with Gasteiger partial charge in [0.1, 0.15) is 5.75 Å². The summed E-state index contributed by atoms with van der Waals surface area (Å²) in [7, 11) is 1.56. The first-order valence-corrected chi connectivity index (χ1v) is 3.97. The summed E-state index contributed by atoms with van der Waals surface area (Å²) in [5.74, 6) is 0.678. The smallest absolute Gasteiger partial charge is 0.159 e. The maximum absolute atomic E-state index is 11.0. The SMILES string of the molecule is COc1cc(S)cc(C(C)=O)c1. The Hall–Kier alpha value is -0.960. The van der Waals surface area contributed by atoms with E-state index in [1.807, 2.05) is 0 Å².